The van der Waals surface area contributed by atoms with Crippen LogP contribution >= 0.6 is 11.6 Å². The molecule has 0 spiro atoms. The van der Waals surface area contributed by atoms with Gasteiger partial charge in [-0.2, -0.15) is 0 Å². The van der Waals surface area contributed by atoms with Crippen molar-refractivity contribution < 1.29 is 19.8 Å². The average Bonchev–Trinajstić information content (AvgIpc) is 2.55. The highest BCUT2D eigenvalue weighted by Gasteiger charge is 2.38. The van der Waals surface area contributed by atoms with Gasteiger partial charge in [0.2, 0.25) is 0 Å². The summed E-state index contributed by atoms with van der Waals surface area (Å²) < 4.78 is 0. The summed E-state index contributed by atoms with van der Waals surface area (Å²) in [7, 11) is 0. The van der Waals surface area contributed by atoms with Crippen molar-refractivity contribution in [1.82, 2.24) is 0 Å². The van der Waals surface area contributed by atoms with E-state index in [-0.39, 0.29) is 6.42 Å². The SMILES string of the molecule is O=C(O)C[C@@H]1c2ccc(Cl)cc2N[C@H]1C(=O)O. The van der Waals surface area contributed by atoms with Gasteiger partial charge >= 0.3 is 11.9 Å². The van der Waals surface area contributed by atoms with E-state index in [0.717, 1.165) is 0 Å². The van der Waals surface area contributed by atoms with E-state index in [1.54, 1.807) is 18.2 Å². The zero-order chi connectivity index (χ0) is 12.6. The van der Waals surface area contributed by atoms with Gasteiger partial charge in [0.15, 0.2) is 0 Å². The predicted octanol–water partition coefficient (Wildman–Crippen LogP) is 1.78. The first-order valence-corrected chi connectivity index (χ1v) is 5.37. The summed E-state index contributed by atoms with van der Waals surface area (Å²) in [5, 5.41) is 21.1. The summed E-state index contributed by atoms with van der Waals surface area (Å²) in [4.78, 5) is 21.8. The van der Waals surface area contributed by atoms with Crippen LogP contribution < -0.4 is 5.32 Å². The zero-order valence-corrected chi connectivity index (χ0v) is 9.44. The van der Waals surface area contributed by atoms with Gasteiger partial charge in [-0.25, -0.2) is 4.79 Å². The summed E-state index contributed by atoms with van der Waals surface area (Å²) in [6, 6.07) is 3.98. The minimum absolute atomic E-state index is 0.224. The van der Waals surface area contributed by atoms with Crippen molar-refractivity contribution in [3.8, 4) is 0 Å². The van der Waals surface area contributed by atoms with Crippen molar-refractivity contribution in [2.75, 3.05) is 5.32 Å². The van der Waals surface area contributed by atoms with Crippen molar-refractivity contribution in [3.05, 3.63) is 28.8 Å². The molecular formula is C11H10ClNO4. The number of nitrogens with one attached hydrogen (secondary N) is 1. The van der Waals surface area contributed by atoms with Crippen LogP contribution in [0.15, 0.2) is 18.2 Å². The second-order valence-electron chi connectivity index (χ2n) is 3.90. The third-order valence-corrected chi connectivity index (χ3v) is 3.02. The lowest BCUT2D eigenvalue weighted by Crippen LogP contribution is -2.31. The van der Waals surface area contributed by atoms with Crippen molar-refractivity contribution in [2.45, 2.75) is 18.4 Å². The number of rotatable bonds is 3. The van der Waals surface area contributed by atoms with Crippen LogP contribution in [0.4, 0.5) is 5.69 Å². The van der Waals surface area contributed by atoms with E-state index in [2.05, 4.69) is 5.32 Å². The first kappa shape index (κ1) is 11.7. The van der Waals surface area contributed by atoms with Gasteiger partial charge in [0.1, 0.15) is 6.04 Å². The minimum atomic E-state index is -1.07. The molecule has 2 rings (SSSR count). The first-order valence-electron chi connectivity index (χ1n) is 4.99. The maximum atomic E-state index is 11.1. The van der Waals surface area contributed by atoms with Gasteiger partial charge in [-0.05, 0) is 17.7 Å². The second-order valence-corrected chi connectivity index (χ2v) is 4.33. The number of carbonyl (C=O) groups is 2. The normalized spacial score (nSPS) is 21.7. The fourth-order valence-electron chi connectivity index (χ4n) is 2.07. The number of hydrogen-bond donors (Lipinski definition) is 3. The molecule has 0 saturated carbocycles. The number of carboxylic acids is 2. The summed E-state index contributed by atoms with van der Waals surface area (Å²) in [5.41, 5.74) is 1.28. The van der Waals surface area contributed by atoms with Crippen LogP contribution in [-0.4, -0.2) is 28.2 Å². The Morgan fingerprint density at radius 3 is 2.65 bits per heavy atom. The summed E-state index contributed by atoms with van der Waals surface area (Å²) >= 11 is 5.80. The average molecular weight is 256 g/mol. The number of aliphatic carboxylic acids is 2. The van der Waals surface area contributed by atoms with Crippen molar-refractivity contribution in [3.63, 3.8) is 0 Å². The quantitative estimate of drug-likeness (QED) is 0.766. The molecule has 17 heavy (non-hydrogen) atoms. The van der Waals surface area contributed by atoms with Gasteiger partial charge < -0.3 is 15.5 Å². The van der Waals surface area contributed by atoms with Crippen LogP contribution in [0.3, 0.4) is 0 Å². The Morgan fingerprint density at radius 1 is 1.35 bits per heavy atom. The monoisotopic (exact) mass is 255 g/mol. The Hall–Kier alpha value is -1.75. The van der Waals surface area contributed by atoms with Crippen molar-refractivity contribution >= 4 is 29.2 Å². The molecule has 1 aromatic carbocycles. The molecule has 3 N–H and O–H groups in total. The van der Waals surface area contributed by atoms with Crippen LogP contribution in [0.2, 0.25) is 5.02 Å². The van der Waals surface area contributed by atoms with Crippen LogP contribution in [0.25, 0.3) is 0 Å². The first-order chi connectivity index (χ1) is 7.99. The molecule has 1 aliphatic heterocycles. The van der Waals surface area contributed by atoms with Gasteiger partial charge in [0.05, 0.1) is 6.42 Å². The van der Waals surface area contributed by atoms with E-state index in [9.17, 15) is 9.59 Å². The van der Waals surface area contributed by atoms with Crippen LogP contribution in [-0.2, 0) is 9.59 Å². The second kappa shape index (κ2) is 4.25. The summed E-state index contributed by atoms with van der Waals surface area (Å²) in [6.07, 6.45) is -0.224. The molecule has 1 heterocycles. The van der Waals surface area contributed by atoms with Crippen LogP contribution in [0.1, 0.15) is 17.9 Å². The summed E-state index contributed by atoms with van der Waals surface area (Å²) in [6.45, 7) is 0. The number of benzene rings is 1. The Kier molecular flexibility index (Phi) is 2.93. The molecule has 0 amide bonds. The van der Waals surface area contributed by atoms with Crippen LogP contribution in [0.5, 0.6) is 0 Å². The molecule has 6 heteroatoms. The van der Waals surface area contributed by atoms with E-state index in [4.69, 9.17) is 21.8 Å². The van der Waals surface area contributed by atoms with Gasteiger partial charge in [-0.15, -0.1) is 0 Å². The Balaban J connectivity index is 2.39. The fraction of sp³-hybridized carbons (Fsp3) is 0.273. The molecule has 0 aromatic heterocycles. The topological polar surface area (TPSA) is 86.6 Å². The molecule has 1 aliphatic rings. The predicted molar refractivity (Wildman–Crippen MR) is 61.5 cm³/mol. The molecule has 0 bridgehead atoms. The lowest BCUT2D eigenvalue weighted by Gasteiger charge is -2.13. The molecule has 0 fully saturated rings. The van der Waals surface area contributed by atoms with Gasteiger partial charge in [-0.3, -0.25) is 4.79 Å². The van der Waals surface area contributed by atoms with Crippen molar-refractivity contribution in [2.24, 2.45) is 0 Å². The highest BCUT2D eigenvalue weighted by Crippen LogP contribution is 2.39. The van der Waals surface area contributed by atoms with E-state index < -0.39 is 23.9 Å². The van der Waals surface area contributed by atoms with Crippen LogP contribution in [0, 0.1) is 0 Å². The smallest absolute Gasteiger partial charge is 0.326 e. The molecule has 1 aromatic rings. The maximum Gasteiger partial charge on any atom is 0.326 e. The molecule has 5 nitrogen and oxygen atoms in total. The molecule has 0 saturated heterocycles. The maximum absolute atomic E-state index is 11.1. The number of anilines is 1. The molecular weight excluding hydrogens is 246 g/mol. The molecule has 0 unspecified atom stereocenters. The number of halogens is 1. The number of carboxylic acid groups (broad SMARTS) is 2. The molecule has 0 radical (unpaired) electrons. The highest BCUT2D eigenvalue weighted by molar-refractivity contribution is 6.30. The van der Waals surface area contributed by atoms with Gasteiger partial charge in [0.25, 0.3) is 0 Å². The molecule has 2 atom stereocenters. The Morgan fingerprint density at radius 2 is 2.06 bits per heavy atom. The number of fused-ring (bicyclic) bond motifs is 1. The molecule has 0 aliphatic carbocycles. The number of hydrogen-bond acceptors (Lipinski definition) is 3. The summed E-state index contributed by atoms with van der Waals surface area (Å²) in [5.74, 6) is -2.66. The van der Waals surface area contributed by atoms with E-state index >= 15 is 0 Å². The van der Waals surface area contributed by atoms with E-state index in [1.807, 2.05) is 0 Å². The van der Waals surface area contributed by atoms with Gasteiger partial charge in [-0.1, -0.05) is 17.7 Å². The lowest BCUT2D eigenvalue weighted by molar-refractivity contribution is -0.139. The fourth-order valence-corrected chi connectivity index (χ4v) is 2.25. The third-order valence-electron chi connectivity index (χ3n) is 2.79. The van der Waals surface area contributed by atoms with E-state index in [0.29, 0.717) is 16.3 Å². The zero-order valence-electron chi connectivity index (χ0n) is 8.68. The highest BCUT2D eigenvalue weighted by atomic mass is 35.5. The largest absolute Gasteiger partial charge is 0.481 e. The van der Waals surface area contributed by atoms with Gasteiger partial charge in [0, 0.05) is 16.6 Å². The standard InChI is InChI=1S/C11H10ClNO4/c12-5-1-2-6-7(4-9(14)15)10(11(16)17)13-8(6)3-5/h1-3,7,10,13H,4H2,(H,14,15)(H,16,17)/t7-,10-/m1/s1. The molecule has 90 valence electrons. The third kappa shape index (κ3) is 2.19. The minimum Gasteiger partial charge on any atom is -0.481 e. The van der Waals surface area contributed by atoms with E-state index in [1.165, 1.54) is 0 Å². The lowest BCUT2D eigenvalue weighted by atomic mass is 9.92. The van der Waals surface area contributed by atoms with Crippen molar-refractivity contribution in [1.29, 1.82) is 0 Å². The Bertz CT molecular complexity index is 488. The Labute approximate surface area is 102 Å².